The number of carbonyl (C=O) groups is 1. The molecule has 6 heteroatoms. The lowest BCUT2D eigenvalue weighted by Crippen LogP contribution is -2.13. The summed E-state index contributed by atoms with van der Waals surface area (Å²) in [6.45, 7) is 1.79. The second-order valence-electron chi connectivity index (χ2n) is 4.32. The molecule has 0 atom stereocenters. The second kappa shape index (κ2) is 5.05. The van der Waals surface area contributed by atoms with Gasteiger partial charge in [0.25, 0.3) is 5.91 Å². The van der Waals surface area contributed by atoms with Crippen molar-refractivity contribution in [1.82, 2.24) is 14.6 Å². The fourth-order valence-corrected chi connectivity index (χ4v) is 2.30. The van der Waals surface area contributed by atoms with Gasteiger partial charge in [0.15, 0.2) is 5.65 Å². The Balaban J connectivity index is 2.01. The van der Waals surface area contributed by atoms with E-state index in [0.717, 1.165) is 10.2 Å². The number of fused-ring (bicyclic) bond motifs is 1. The van der Waals surface area contributed by atoms with E-state index in [1.165, 1.54) is 0 Å². The molecule has 0 aliphatic heterocycles. The number of amides is 1. The molecule has 0 radical (unpaired) electrons. The van der Waals surface area contributed by atoms with E-state index in [9.17, 15) is 4.79 Å². The summed E-state index contributed by atoms with van der Waals surface area (Å²) in [4.78, 5) is 16.6. The Bertz CT molecular complexity index is 782. The number of anilines is 1. The molecule has 0 saturated carbocycles. The van der Waals surface area contributed by atoms with Gasteiger partial charge < -0.3 is 5.32 Å². The number of hydrogen-bond acceptors (Lipinski definition) is 3. The molecule has 0 bridgehead atoms. The smallest absolute Gasteiger partial charge is 0.261 e. The Labute approximate surface area is 123 Å². The third kappa shape index (κ3) is 2.30. The number of nitrogens with zero attached hydrogens (tertiary/aromatic N) is 3. The summed E-state index contributed by atoms with van der Waals surface area (Å²) in [5.41, 5.74) is 2.41. The van der Waals surface area contributed by atoms with Crippen molar-refractivity contribution in [2.45, 2.75) is 6.92 Å². The van der Waals surface area contributed by atoms with Crippen LogP contribution in [0.15, 0.2) is 47.2 Å². The van der Waals surface area contributed by atoms with Gasteiger partial charge in [0.1, 0.15) is 5.56 Å². The molecule has 0 fully saturated rings. The average Bonchev–Trinajstić information content (AvgIpc) is 2.74. The first-order valence-corrected chi connectivity index (χ1v) is 6.81. The van der Waals surface area contributed by atoms with Gasteiger partial charge in [-0.15, -0.1) is 0 Å². The lowest BCUT2D eigenvalue weighted by Gasteiger charge is -2.04. The molecule has 2 heterocycles. The summed E-state index contributed by atoms with van der Waals surface area (Å²) < 4.78 is 2.40. The number of aryl methyl sites for hydroxylation is 1. The zero-order chi connectivity index (χ0) is 14.1. The van der Waals surface area contributed by atoms with Gasteiger partial charge in [0.2, 0.25) is 0 Å². The van der Waals surface area contributed by atoms with E-state index in [1.54, 1.807) is 23.8 Å². The van der Waals surface area contributed by atoms with Gasteiger partial charge in [-0.25, -0.2) is 9.50 Å². The van der Waals surface area contributed by atoms with Crippen LogP contribution in [0.5, 0.6) is 0 Å². The number of nitrogens with one attached hydrogen (secondary N) is 1. The van der Waals surface area contributed by atoms with Crippen molar-refractivity contribution in [3.63, 3.8) is 0 Å². The molecular weight excluding hydrogens is 320 g/mol. The molecule has 2 aromatic heterocycles. The topological polar surface area (TPSA) is 59.3 Å². The Morgan fingerprint density at radius 1 is 1.30 bits per heavy atom. The maximum atomic E-state index is 12.4. The highest BCUT2D eigenvalue weighted by Gasteiger charge is 2.18. The maximum Gasteiger partial charge on any atom is 0.261 e. The minimum atomic E-state index is -0.210. The molecule has 1 aromatic carbocycles. The minimum Gasteiger partial charge on any atom is -0.322 e. The van der Waals surface area contributed by atoms with Crippen LogP contribution in [-0.4, -0.2) is 20.5 Å². The predicted molar refractivity (Wildman–Crippen MR) is 79.8 cm³/mol. The van der Waals surface area contributed by atoms with Gasteiger partial charge in [-0.2, -0.15) is 5.10 Å². The number of halogens is 1. The Morgan fingerprint density at radius 2 is 2.05 bits per heavy atom. The van der Waals surface area contributed by atoms with E-state index in [4.69, 9.17) is 0 Å². The van der Waals surface area contributed by atoms with Gasteiger partial charge in [0, 0.05) is 18.1 Å². The van der Waals surface area contributed by atoms with Crippen LogP contribution in [0, 0.1) is 6.92 Å². The van der Waals surface area contributed by atoms with E-state index in [2.05, 4.69) is 31.3 Å². The summed E-state index contributed by atoms with van der Waals surface area (Å²) in [5.74, 6) is -0.210. The number of carbonyl (C=O) groups excluding carboxylic acids is 1. The van der Waals surface area contributed by atoms with Crippen molar-refractivity contribution in [3.8, 4) is 0 Å². The van der Waals surface area contributed by atoms with Crippen molar-refractivity contribution in [2.24, 2.45) is 0 Å². The number of benzene rings is 1. The zero-order valence-electron chi connectivity index (χ0n) is 10.7. The highest BCUT2D eigenvalue weighted by Crippen LogP contribution is 2.17. The van der Waals surface area contributed by atoms with Gasteiger partial charge in [-0.05, 0) is 35.0 Å². The molecule has 3 rings (SSSR count). The maximum absolute atomic E-state index is 12.4. The third-order valence-electron chi connectivity index (χ3n) is 2.87. The molecule has 0 saturated heterocycles. The van der Waals surface area contributed by atoms with Gasteiger partial charge in [-0.3, -0.25) is 4.79 Å². The first-order chi connectivity index (χ1) is 9.65. The van der Waals surface area contributed by atoms with Crippen LogP contribution >= 0.6 is 15.9 Å². The Kier molecular flexibility index (Phi) is 3.23. The second-order valence-corrected chi connectivity index (χ2v) is 5.24. The number of para-hydroxylation sites is 1. The SMILES string of the molecule is Cc1nn2cc(Br)cnc2c1C(=O)Nc1ccccc1. The van der Waals surface area contributed by atoms with Gasteiger partial charge in [0.05, 0.1) is 10.2 Å². The third-order valence-corrected chi connectivity index (χ3v) is 3.28. The Hall–Kier alpha value is -2.21. The highest BCUT2D eigenvalue weighted by atomic mass is 79.9. The van der Waals surface area contributed by atoms with Crippen LogP contribution in [0.25, 0.3) is 5.65 Å². The molecule has 0 spiro atoms. The van der Waals surface area contributed by atoms with Crippen molar-refractivity contribution in [1.29, 1.82) is 0 Å². The average molecular weight is 331 g/mol. The lowest BCUT2D eigenvalue weighted by atomic mass is 10.2. The number of hydrogen-bond donors (Lipinski definition) is 1. The van der Waals surface area contributed by atoms with E-state index in [0.29, 0.717) is 16.9 Å². The van der Waals surface area contributed by atoms with Crippen LogP contribution < -0.4 is 5.32 Å². The van der Waals surface area contributed by atoms with E-state index < -0.39 is 0 Å². The fraction of sp³-hybridized carbons (Fsp3) is 0.0714. The molecule has 0 aliphatic rings. The summed E-state index contributed by atoms with van der Waals surface area (Å²) >= 11 is 3.33. The summed E-state index contributed by atoms with van der Waals surface area (Å²) in [7, 11) is 0. The van der Waals surface area contributed by atoms with E-state index in [-0.39, 0.29) is 5.91 Å². The Morgan fingerprint density at radius 3 is 2.80 bits per heavy atom. The summed E-state index contributed by atoms with van der Waals surface area (Å²) in [6.07, 6.45) is 3.42. The number of aromatic nitrogens is 3. The first kappa shape index (κ1) is 12.8. The van der Waals surface area contributed by atoms with Gasteiger partial charge in [-0.1, -0.05) is 18.2 Å². The van der Waals surface area contributed by atoms with Crippen LogP contribution in [0.4, 0.5) is 5.69 Å². The van der Waals surface area contributed by atoms with Crippen LogP contribution in [0.1, 0.15) is 16.1 Å². The summed E-state index contributed by atoms with van der Waals surface area (Å²) in [5, 5.41) is 7.15. The van der Waals surface area contributed by atoms with Crippen molar-refractivity contribution in [3.05, 3.63) is 58.5 Å². The van der Waals surface area contributed by atoms with Gasteiger partial charge >= 0.3 is 0 Å². The minimum absolute atomic E-state index is 0.210. The molecule has 0 unspecified atom stereocenters. The van der Waals surface area contributed by atoms with Crippen LogP contribution in [0.3, 0.4) is 0 Å². The highest BCUT2D eigenvalue weighted by molar-refractivity contribution is 9.10. The van der Waals surface area contributed by atoms with Crippen LogP contribution in [-0.2, 0) is 0 Å². The molecule has 5 nitrogen and oxygen atoms in total. The summed E-state index contributed by atoms with van der Waals surface area (Å²) in [6, 6.07) is 9.31. The van der Waals surface area contributed by atoms with Crippen molar-refractivity contribution >= 4 is 33.2 Å². The quantitative estimate of drug-likeness (QED) is 0.785. The lowest BCUT2D eigenvalue weighted by molar-refractivity contribution is 0.102. The normalized spacial score (nSPS) is 10.7. The monoisotopic (exact) mass is 330 g/mol. The molecule has 3 aromatic rings. The largest absolute Gasteiger partial charge is 0.322 e. The molecular formula is C14H11BrN4O. The number of rotatable bonds is 2. The van der Waals surface area contributed by atoms with Crippen molar-refractivity contribution in [2.75, 3.05) is 5.32 Å². The van der Waals surface area contributed by atoms with E-state index >= 15 is 0 Å². The molecule has 1 amide bonds. The molecule has 1 N–H and O–H groups in total. The first-order valence-electron chi connectivity index (χ1n) is 6.02. The van der Waals surface area contributed by atoms with E-state index in [1.807, 2.05) is 30.3 Å². The zero-order valence-corrected chi connectivity index (χ0v) is 12.3. The van der Waals surface area contributed by atoms with Crippen molar-refractivity contribution < 1.29 is 4.79 Å². The fourth-order valence-electron chi connectivity index (χ4n) is 2.00. The van der Waals surface area contributed by atoms with Crippen LogP contribution in [0.2, 0.25) is 0 Å². The predicted octanol–water partition coefficient (Wildman–Crippen LogP) is 3.05. The molecule has 100 valence electrons. The standard InChI is InChI=1S/C14H11BrN4O/c1-9-12(13-16-7-10(15)8-19(13)18-9)14(20)17-11-5-3-2-4-6-11/h2-8H,1H3,(H,17,20). The molecule has 20 heavy (non-hydrogen) atoms. The molecule has 0 aliphatic carbocycles.